The van der Waals surface area contributed by atoms with Gasteiger partial charge in [0.1, 0.15) is 5.82 Å². The van der Waals surface area contributed by atoms with Crippen molar-refractivity contribution in [2.75, 3.05) is 6.61 Å². The number of benzene rings is 2. The van der Waals surface area contributed by atoms with Gasteiger partial charge in [-0.15, -0.1) is 0 Å². The zero-order valence-electron chi connectivity index (χ0n) is 13.2. The molecular formula is C16H14ClFN2O5S. The number of esters is 1. The van der Waals surface area contributed by atoms with Gasteiger partial charge < -0.3 is 10.1 Å². The molecule has 0 aliphatic rings. The summed E-state index contributed by atoms with van der Waals surface area (Å²) in [6, 6.07) is 9.23. The van der Waals surface area contributed by atoms with Crippen molar-refractivity contribution in [3.05, 3.63) is 64.4 Å². The highest BCUT2D eigenvalue weighted by atomic mass is 35.5. The third-order valence-electron chi connectivity index (χ3n) is 3.20. The summed E-state index contributed by atoms with van der Waals surface area (Å²) >= 11 is 5.82. The van der Waals surface area contributed by atoms with Crippen LogP contribution in [0.2, 0.25) is 5.02 Å². The molecule has 0 bridgehead atoms. The van der Waals surface area contributed by atoms with E-state index in [-0.39, 0.29) is 6.54 Å². The minimum Gasteiger partial charge on any atom is -0.452 e. The Morgan fingerprint density at radius 3 is 2.58 bits per heavy atom. The zero-order chi connectivity index (χ0) is 19.3. The molecule has 10 heteroatoms. The van der Waals surface area contributed by atoms with Gasteiger partial charge in [0.2, 0.25) is 10.0 Å². The molecular weight excluding hydrogens is 387 g/mol. The van der Waals surface area contributed by atoms with Crippen molar-refractivity contribution in [3.63, 3.8) is 0 Å². The summed E-state index contributed by atoms with van der Waals surface area (Å²) < 4.78 is 40.9. The molecule has 0 atom stereocenters. The molecule has 0 saturated heterocycles. The molecule has 0 aliphatic carbocycles. The summed E-state index contributed by atoms with van der Waals surface area (Å²) in [6.45, 7) is -0.509. The lowest BCUT2D eigenvalue weighted by molar-refractivity contribution is -0.124. The maximum atomic E-state index is 13.7. The van der Waals surface area contributed by atoms with Gasteiger partial charge in [-0.2, -0.15) is 0 Å². The van der Waals surface area contributed by atoms with Crippen molar-refractivity contribution < 1.29 is 27.1 Å². The van der Waals surface area contributed by atoms with Gasteiger partial charge in [-0.1, -0.05) is 23.7 Å². The summed E-state index contributed by atoms with van der Waals surface area (Å²) in [7, 11) is -4.11. The van der Waals surface area contributed by atoms with Crippen LogP contribution in [0.15, 0.2) is 47.4 Å². The average molecular weight is 401 g/mol. The van der Waals surface area contributed by atoms with Crippen LogP contribution >= 0.6 is 11.6 Å². The Morgan fingerprint density at radius 2 is 1.92 bits per heavy atom. The summed E-state index contributed by atoms with van der Waals surface area (Å²) in [5.74, 6) is -2.81. The normalized spacial score (nSPS) is 11.0. The first-order valence-electron chi connectivity index (χ1n) is 7.17. The summed E-state index contributed by atoms with van der Waals surface area (Å²) in [5.41, 5.74) is 0.100. The number of hydrogen-bond donors (Lipinski definition) is 2. The van der Waals surface area contributed by atoms with Crippen molar-refractivity contribution in [1.82, 2.24) is 5.32 Å². The van der Waals surface area contributed by atoms with E-state index in [4.69, 9.17) is 21.5 Å². The van der Waals surface area contributed by atoms with Gasteiger partial charge in [0.05, 0.1) is 10.5 Å². The van der Waals surface area contributed by atoms with E-state index in [0.29, 0.717) is 5.02 Å². The number of amides is 1. The van der Waals surface area contributed by atoms with Gasteiger partial charge in [0.25, 0.3) is 5.91 Å². The molecule has 0 spiro atoms. The lowest BCUT2D eigenvalue weighted by Crippen LogP contribution is -2.28. The predicted octanol–water partition coefficient (Wildman–Crippen LogP) is 1.60. The average Bonchev–Trinajstić information content (AvgIpc) is 2.57. The lowest BCUT2D eigenvalue weighted by atomic mass is 10.2. The molecule has 2 aromatic rings. The van der Waals surface area contributed by atoms with Gasteiger partial charge in [-0.3, -0.25) is 4.79 Å². The Morgan fingerprint density at radius 1 is 1.19 bits per heavy atom. The first-order chi connectivity index (χ1) is 12.2. The predicted molar refractivity (Wildman–Crippen MR) is 91.4 cm³/mol. The van der Waals surface area contributed by atoms with Crippen LogP contribution in [0.4, 0.5) is 4.39 Å². The number of hydrogen-bond acceptors (Lipinski definition) is 5. The second-order valence-corrected chi connectivity index (χ2v) is 7.17. The highest BCUT2D eigenvalue weighted by molar-refractivity contribution is 7.89. The maximum absolute atomic E-state index is 13.7. The zero-order valence-corrected chi connectivity index (χ0v) is 14.8. The van der Waals surface area contributed by atoms with E-state index in [1.165, 1.54) is 0 Å². The van der Waals surface area contributed by atoms with Crippen LogP contribution in [-0.4, -0.2) is 26.9 Å². The Hall–Kier alpha value is -2.49. The van der Waals surface area contributed by atoms with Crippen LogP contribution in [0.5, 0.6) is 0 Å². The van der Waals surface area contributed by atoms with Crippen LogP contribution in [-0.2, 0) is 26.1 Å². The van der Waals surface area contributed by atoms with E-state index >= 15 is 0 Å². The third-order valence-corrected chi connectivity index (χ3v) is 4.35. The topological polar surface area (TPSA) is 116 Å². The Balaban J connectivity index is 1.95. The monoisotopic (exact) mass is 400 g/mol. The van der Waals surface area contributed by atoms with Crippen LogP contribution in [0.1, 0.15) is 15.9 Å². The Labute approximate surface area is 154 Å². The van der Waals surface area contributed by atoms with E-state index in [1.807, 2.05) is 0 Å². The third kappa shape index (κ3) is 5.51. The second-order valence-electron chi connectivity index (χ2n) is 5.17. The molecule has 0 fully saturated rings. The first-order valence-corrected chi connectivity index (χ1v) is 9.10. The molecule has 3 N–H and O–H groups in total. The van der Waals surface area contributed by atoms with Crippen molar-refractivity contribution in [2.24, 2.45) is 5.14 Å². The molecule has 0 aliphatic heterocycles. The van der Waals surface area contributed by atoms with Crippen molar-refractivity contribution >= 4 is 33.5 Å². The Kier molecular flexibility index (Phi) is 6.30. The molecule has 2 rings (SSSR count). The van der Waals surface area contributed by atoms with Crippen molar-refractivity contribution in [2.45, 2.75) is 11.4 Å². The molecule has 2 aromatic carbocycles. The van der Waals surface area contributed by atoms with Gasteiger partial charge in [0.15, 0.2) is 6.61 Å². The maximum Gasteiger partial charge on any atom is 0.341 e. The summed E-state index contributed by atoms with van der Waals surface area (Å²) in [5, 5.41) is 7.93. The second kappa shape index (κ2) is 8.26. The van der Waals surface area contributed by atoms with E-state index in [9.17, 15) is 22.4 Å². The molecule has 1 amide bonds. The molecule has 0 saturated carbocycles. The molecule has 0 radical (unpaired) electrons. The highest BCUT2D eigenvalue weighted by Gasteiger charge is 2.18. The molecule has 0 heterocycles. The largest absolute Gasteiger partial charge is 0.452 e. The van der Waals surface area contributed by atoms with Crippen molar-refractivity contribution in [3.8, 4) is 0 Å². The summed E-state index contributed by atoms with van der Waals surface area (Å²) in [4.78, 5) is 23.1. The minimum atomic E-state index is -4.11. The number of carbonyl (C=O) groups excluding carboxylic acids is 2. The number of primary sulfonamides is 1. The van der Waals surface area contributed by atoms with Gasteiger partial charge in [-0.25, -0.2) is 22.7 Å². The molecule has 0 aromatic heterocycles. The van der Waals surface area contributed by atoms with E-state index in [0.717, 1.165) is 23.8 Å². The molecule has 7 nitrogen and oxygen atoms in total. The van der Waals surface area contributed by atoms with Gasteiger partial charge in [-0.05, 0) is 35.9 Å². The lowest BCUT2D eigenvalue weighted by Gasteiger charge is -2.08. The van der Waals surface area contributed by atoms with Crippen LogP contribution in [0.3, 0.4) is 0 Å². The quantitative estimate of drug-likeness (QED) is 0.714. The smallest absolute Gasteiger partial charge is 0.341 e. The van der Waals surface area contributed by atoms with Crippen LogP contribution < -0.4 is 10.5 Å². The molecule has 26 heavy (non-hydrogen) atoms. The number of rotatable bonds is 6. The van der Waals surface area contributed by atoms with Crippen LogP contribution in [0.25, 0.3) is 0 Å². The fraction of sp³-hybridized carbons (Fsp3) is 0.125. The van der Waals surface area contributed by atoms with E-state index in [1.54, 1.807) is 24.3 Å². The van der Waals surface area contributed by atoms with E-state index < -0.39 is 44.8 Å². The number of halogens is 2. The Bertz CT molecular complexity index is 949. The van der Waals surface area contributed by atoms with E-state index in [2.05, 4.69) is 5.32 Å². The summed E-state index contributed by atoms with van der Waals surface area (Å²) in [6.07, 6.45) is 0. The highest BCUT2D eigenvalue weighted by Crippen LogP contribution is 2.15. The number of nitrogens with two attached hydrogens (primary N) is 1. The molecule has 138 valence electrons. The van der Waals surface area contributed by atoms with Gasteiger partial charge in [0, 0.05) is 11.6 Å². The number of sulfonamides is 1. The number of nitrogens with one attached hydrogen (secondary N) is 1. The fourth-order valence-electron chi connectivity index (χ4n) is 1.95. The fourth-order valence-corrected chi connectivity index (χ4v) is 2.70. The minimum absolute atomic E-state index is 0.159. The number of ether oxygens (including phenoxy) is 1. The van der Waals surface area contributed by atoms with Crippen LogP contribution in [0, 0.1) is 5.82 Å². The van der Waals surface area contributed by atoms with Crippen molar-refractivity contribution in [1.29, 1.82) is 0 Å². The molecule has 0 unspecified atom stereocenters. The van der Waals surface area contributed by atoms with Gasteiger partial charge >= 0.3 is 5.97 Å². The SMILES string of the molecule is NS(=O)(=O)c1ccc(F)c(C(=O)OCC(=O)NCc2cccc(Cl)c2)c1. The number of carbonyl (C=O) groups is 2. The standard InChI is InChI=1S/C16H14ClFN2O5S/c17-11-3-1-2-10(6-11)8-20-15(21)9-25-16(22)13-7-12(26(19,23)24)4-5-14(13)18/h1-7H,8-9H2,(H,20,21)(H2,19,23,24). The first kappa shape index (κ1) is 19.8.